The van der Waals surface area contributed by atoms with Gasteiger partial charge in [0.05, 0.1) is 4.90 Å². The van der Waals surface area contributed by atoms with E-state index in [1.807, 2.05) is 0 Å². The van der Waals surface area contributed by atoms with Crippen molar-refractivity contribution in [1.82, 2.24) is 9.71 Å². The maximum atomic E-state index is 12.2. The van der Waals surface area contributed by atoms with Crippen molar-refractivity contribution in [3.63, 3.8) is 0 Å². The molecule has 0 aliphatic rings. The van der Waals surface area contributed by atoms with Crippen LogP contribution in [0.2, 0.25) is 0 Å². The summed E-state index contributed by atoms with van der Waals surface area (Å²) in [7, 11) is -3.55. The van der Waals surface area contributed by atoms with E-state index < -0.39 is 16.0 Å². The average Bonchev–Trinajstić information content (AvgIpc) is 2.52. The number of carboxylic acids is 1. The molecule has 0 aliphatic heterocycles. The molecule has 0 unspecified atom stereocenters. The summed E-state index contributed by atoms with van der Waals surface area (Å²) < 4.78 is 26.9. The number of anilines is 1. The van der Waals surface area contributed by atoms with Crippen LogP contribution in [0.25, 0.3) is 0 Å². The van der Waals surface area contributed by atoms with Crippen LogP contribution in [-0.4, -0.2) is 30.5 Å². The lowest BCUT2D eigenvalue weighted by atomic mass is 10.2. The third-order valence-corrected chi connectivity index (χ3v) is 4.70. The molecule has 0 saturated carbocycles. The highest BCUT2D eigenvalue weighted by Gasteiger charge is 2.15. The van der Waals surface area contributed by atoms with E-state index in [2.05, 4.69) is 15.0 Å². The van der Waals surface area contributed by atoms with Crippen molar-refractivity contribution in [3.05, 3.63) is 53.7 Å². The van der Waals surface area contributed by atoms with Gasteiger partial charge in [-0.15, -0.1) is 0 Å². The number of aromatic nitrogens is 1. The van der Waals surface area contributed by atoms with E-state index in [-0.39, 0.29) is 16.6 Å². The summed E-state index contributed by atoms with van der Waals surface area (Å²) in [5.74, 6) is -0.699. The number of hydrogen-bond acceptors (Lipinski definition) is 5. The number of rotatable bonds is 7. The molecule has 0 amide bonds. The molecule has 2 aromatic rings. The Hall–Kier alpha value is -2.45. The number of pyridine rings is 1. The normalized spacial score (nSPS) is 11.5. The summed E-state index contributed by atoms with van der Waals surface area (Å²) in [4.78, 5) is 15.0. The van der Waals surface area contributed by atoms with Crippen molar-refractivity contribution in [2.45, 2.75) is 31.3 Å². The van der Waals surface area contributed by atoms with Gasteiger partial charge in [0.15, 0.2) is 5.69 Å². The van der Waals surface area contributed by atoms with Crippen molar-refractivity contribution >= 4 is 21.8 Å². The second kappa shape index (κ2) is 7.41. The number of nitrogens with one attached hydrogen (secondary N) is 2. The van der Waals surface area contributed by atoms with Crippen LogP contribution in [0.5, 0.6) is 0 Å². The Morgan fingerprint density at radius 1 is 1.21 bits per heavy atom. The molecular weight excluding hydrogens is 330 g/mol. The molecule has 1 aromatic heterocycles. The highest BCUT2D eigenvalue weighted by atomic mass is 32.2. The fourth-order valence-corrected chi connectivity index (χ4v) is 3.37. The first-order valence-electron chi connectivity index (χ1n) is 7.33. The van der Waals surface area contributed by atoms with Gasteiger partial charge >= 0.3 is 5.97 Å². The lowest BCUT2D eigenvalue weighted by Crippen LogP contribution is -2.30. The van der Waals surface area contributed by atoms with Gasteiger partial charge in [0.1, 0.15) is 5.82 Å². The zero-order valence-corrected chi connectivity index (χ0v) is 14.2. The van der Waals surface area contributed by atoms with Crippen LogP contribution in [0.15, 0.2) is 47.4 Å². The molecule has 128 valence electrons. The zero-order chi connectivity index (χ0) is 17.7. The van der Waals surface area contributed by atoms with Crippen molar-refractivity contribution < 1.29 is 18.3 Å². The number of hydrogen-bond donors (Lipinski definition) is 3. The van der Waals surface area contributed by atoms with Gasteiger partial charge in [0.25, 0.3) is 0 Å². The Morgan fingerprint density at radius 3 is 2.58 bits per heavy atom. The number of nitrogens with zero attached hydrogens (tertiary/aromatic N) is 1. The van der Waals surface area contributed by atoms with Crippen molar-refractivity contribution in [1.29, 1.82) is 0 Å². The average molecular weight is 349 g/mol. The lowest BCUT2D eigenvalue weighted by Gasteiger charge is -2.11. The second-order valence-corrected chi connectivity index (χ2v) is 7.20. The molecule has 0 atom stereocenters. The number of carbonyl (C=O) groups is 1. The summed E-state index contributed by atoms with van der Waals surface area (Å²) in [5.41, 5.74) is 0.682. The maximum Gasteiger partial charge on any atom is 0.354 e. The second-order valence-electron chi connectivity index (χ2n) is 5.49. The van der Waals surface area contributed by atoms with Gasteiger partial charge < -0.3 is 10.4 Å². The van der Waals surface area contributed by atoms with Crippen molar-refractivity contribution in [3.8, 4) is 0 Å². The fraction of sp³-hybridized carbons (Fsp3) is 0.250. The van der Waals surface area contributed by atoms with Crippen molar-refractivity contribution in [2.24, 2.45) is 0 Å². The Kier molecular flexibility index (Phi) is 5.53. The van der Waals surface area contributed by atoms with E-state index in [1.54, 1.807) is 44.2 Å². The van der Waals surface area contributed by atoms with Crippen LogP contribution in [-0.2, 0) is 16.6 Å². The minimum absolute atomic E-state index is 0.0579. The van der Waals surface area contributed by atoms with Gasteiger partial charge in [-0.25, -0.2) is 22.9 Å². The molecule has 0 saturated heterocycles. The molecule has 0 fully saturated rings. The van der Waals surface area contributed by atoms with Crippen LogP contribution in [0, 0.1) is 0 Å². The predicted molar refractivity (Wildman–Crippen MR) is 90.4 cm³/mol. The predicted octanol–water partition coefficient (Wildman–Crippen LogP) is 2.08. The van der Waals surface area contributed by atoms with Crippen LogP contribution in [0.3, 0.4) is 0 Å². The molecule has 1 heterocycles. The summed E-state index contributed by atoms with van der Waals surface area (Å²) in [6.07, 6.45) is 0. The van der Waals surface area contributed by atoms with Gasteiger partial charge in [0.2, 0.25) is 10.0 Å². The molecule has 24 heavy (non-hydrogen) atoms. The number of sulfonamides is 1. The van der Waals surface area contributed by atoms with E-state index in [4.69, 9.17) is 5.11 Å². The molecule has 0 bridgehead atoms. The monoisotopic (exact) mass is 349 g/mol. The molecule has 0 radical (unpaired) electrons. The third-order valence-electron chi connectivity index (χ3n) is 3.04. The van der Waals surface area contributed by atoms with E-state index in [0.717, 1.165) is 5.56 Å². The number of carboxylic acid groups (broad SMARTS) is 1. The third kappa shape index (κ3) is 4.77. The molecule has 3 N–H and O–H groups in total. The first-order chi connectivity index (χ1) is 11.3. The summed E-state index contributed by atoms with van der Waals surface area (Å²) >= 11 is 0. The molecule has 8 heteroatoms. The van der Waals surface area contributed by atoms with Gasteiger partial charge in [-0.2, -0.15) is 0 Å². The Morgan fingerprint density at radius 2 is 1.92 bits per heavy atom. The fourth-order valence-electron chi connectivity index (χ4n) is 2.05. The number of aromatic carboxylic acids is 1. The summed E-state index contributed by atoms with van der Waals surface area (Å²) in [5, 5.41) is 11.9. The quantitative estimate of drug-likeness (QED) is 0.706. The SMILES string of the molecule is CC(C)NS(=O)(=O)c1cccc(CNc2cccc(C(=O)O)n2)c1. The van der Waals surface area contributed by atoms with Crippen molar-refractivity contribution in [2.75, 3.05) is 5.32 Å². The van der Waals surface area contributed by atoms with Gasteiger partial charge in [-0.3, -0.25) is 0 Å². The largest absolute Gasteiger partial charge is 0.477 e. The lowest BCUT2D eigenvalue weighted by molar-refractivity contribution is 0.0690. The Labute approximate surface area is 140 Å². The molecule has 0 spiro atoms. The maximum absolute atomic E-state index is 12.2. The molecule has 7 nitrogen and oxygen atoms in total. The van der Waals surface area contributed by atoms with E-state index >= 15 is 0 Å². The zero-order valence-electron chi connectivity index (χ0n) is 13.4. The van der Waals surface area contributed by atoms with Crippen LogP contribution < -0.4 is 10.0 Å². The molecule has 2 rings (SSSR count). The smallest absolute Gasteiger partial charge is 0.354 e. The van der Waals surface area contributed by atoms with Gasteiger partial charge in [-0.1, -0.05) is 18.2 Å². The Balaban J connectivity index is 2.13. The highest BCUT2D eigenvalue weighted by Crippen LogP contribution is 2.14. The molecular formula is C16H19N3O4S. The van der Waals surface area contributed by atoms with E-state index in [0.29, 0.717) is 12.4 Å². The minimum Gasteiger partial charge on any atom is -0.477 e. The Bertz CT molecular complexity index is 835. The summed E-state index contributed by atoms with van der Waals surface area (Å²) in [6, 6.07) is 11.0. The topological polar surface area (TPSA) is 108 Å². The van der Waals surface area contributed by atoms with Gasteiger partial charge in [-0.05, 0) is 43.7 Å². The van der Waals surface area contributed by atoms with Crippen LogP contribution >= 0.6 is 0 Å². The molecule has 0 aliphatic carbocycles. The van der Waals surface area contributed by atoms with E-state index in [1.165, 1.54) is 12.1 Å². The molecule has 1 aromatic carbocycles. The minimum atomic E-state index is -3.55. The number of benzene rings is 1. The van der Waals surface area contributed by atoms with Crippen LogP contribution in [0.1, 0.15) is 29.9 Å². The summed E-state index contributed by atoms with van der Waals surface area (Å²) in [6.45, 7) is 3.83. The highest BCUT2D eigenvalue weighted by molar-refractivity contribution is 7.89. The first-order valence-corrected chi connectivity index (χ1v) is 8.82. The van der Waals surface area contributed by atoms with E-state index in [9.17, 15) is 13.2 Å². The van der Waals surface area contributed by atoms with Crippen LogP contribution in [0.4, 0.5) is 5.82 Å². The first kappa shape index (κ1) is 17.9. The van der Waals surface area contributed by atoms with Gasteiger partial charge in [0, 0.05) is 12.6 Å². The standard InChI is InChI=1S/C16H19N3O4S/c1-11(2)19-24(22,23)13-6-3-5-12(9-13)10-17-15-8-4-7-14(18-15)16(20)21/h3-9,11,19H,10H2,1-2H3,(H,17,18)(H,20,21).